The maximum Gasteiger partial charge on any atom is 0.290 e. The maximum absolute atomic E-state index is 12.8. The van der Waals surface area contributed by atoms with Crippen LogP contribution in [0.15, 0.2) is 28.4 Å². The van der Waals surface area contributed by atoms with Crippen LogP contribution >= 0.6 is 11.3 Å². The number of rotatable bonds is 3. The van der Waals surface area contributed by atoms with Gasteiger partial charge in [0.05, 0.1) is 4.88 Å². The van der Waals surface area contributed by atoms with Gasteiger partial charge in [-0.2, -0.15) is 5.10 Å². The van der Waals surface area contributed by atoms with Crippen LogP contribution in [0.2, 0.25) is 0 Å². The van der Waals surface area contributed by atoms with Crippen molar-refractivity contribution in [3.8, 4) is 10.6 Å². The lowest BCUT2D eigenvalue weighted by molar-refractivity contribution is -0.136. The minimum Gasteiger partial charge on any atom is -0.394 e. The molecule has 0 saturated carbocycles. The van der Waals surface area contributed by atoms with E-state index in [9.17, 15) is 9.59 Å². The second-order valence-electron chi connectivity index (χ2n) is 6.42. The van der Waals surface area contributed by atoms with Gasteiger partial charge in [-0.1, -0.05) is 13.0 Å². The number of carbonyl (C=O) groups excluding carboxylic acids is 1. The summed E-state index contributed by atoms with van der Waals surface area (Å²) in [6.07, 6.45) is 2.14. The van der Waals surface area contributed by atoms with Crippen LogP contribution < -0.4 is 11.3 Å². The first-order valence-electron chi connectivity index (χ1n) is 8.19. The quantitative estimate of drug-likeness (QED) is 0.925. The number of nitrogen functional groups attached to an aromatic ring is 1. The first-order chi connectivity index (χ1) is 11.5. The van der Waals surface area contributed by atoms with E-state index in [2.05, 4.69) is 12.0 Å². The summed E-state index contributed by atoms with van der Waals surface area (Å²) in [5.41, 5.74) is 6.19. The predicted octanol–water partition coefficient (Wildman–Crippen LogP) is 2.37. The molecule has 0 aliphatic carbocycles. The van der Waals surface area contributed by atoms with E-state index >= 15 is 0 Å². The molecule has 24 heavy (non-hydrogen) atoms. The van der Waals surface area contributed by atoms with Crippen LogP contribution in [0.5, 0.6) is 0 Å². The summed E-state index contributed by atoms with van der Waals surface area (Å²) in [4.78, 5) is 27.9. The molecule has 128 valence electrons. The van der Waals surface area contributed by atoms with Gasteiger partial charge < -0.3 is 10.6 Å². The summed E-state index contributed by atoms with van der Waals surface area (Å²) < 4.78 is 1.23. The Labute approximate surface area is 144 Å². The van der Waals surface area contributed by atoms with Gasteiger partial charge in [0, 0.05) is 13.1 Å². The van der Waals surface area contributed by atoms with E-state index in [1.165, 1.54) is 16.0 Å². The van der Waals surface area contributed by atoms with E-state index in [0.717, 1.165) is 30.8 Å². The van der Waals surface area contributed by atoms with Gasteiger partial charge in [0.1, 0.15) is 17.4 Å². The molecule has 1 aliphatic heterocycles. The zero-order valence-electron chi connectivity index (χ0n) is 13.9. The topological polar surface area (TPSA) is 81.2 Å². The second-order valence-corrected chi connectivity index (χ2v) is 7.37. The lowest BCUT2D eigenvalue weighted by Crippen LogP contribution is -2.44. The molecule has 1 fully saturated rings. The molecule has 2 N–H and O–H groups in total. The van der Waals surface area contributed by atoms with Gasteiger partial charge in [-0.3, -0.25) is 9.59 Å². The number of nitrogens with zero attached hydrogens (tertiary/aromatic N) is 3. The average Bonchev–Trinajstić information content (AvgIpc) is 3.10. The molecule has 0 radical (unpaired) electrons. The lowest BCUT2D eigenvalue weighted by Gasteiger charge is -2.32. The van der Waals surface area contributed by atoms with Crippen molar-refractivity contribution < 1.29 is 4.79 Å². The molecule has 2 unspecified atom stereocenters. The third kappa shape index (κ3) is 3.21. The number of carbonyl (C=O) groups is 1. The SMILES string of the molecule is CC1CCCN(C(=O)C(C)n2nc(-c3cccs3)cc(N)c2=O)C1. The van der Waals surface area contributed by atoms with Crippen LogP contribution in [-0.2, 0) is 4.79 Å². The van der Waals surface area contributed by atoms with E-state index < -0.39 is 11.6 Å². The predicted molar refractivity (Wildman–Crippen MR) is 95.9 cm³/mol. The van der Waals surface area contributed by atoms with E-state index in [1.54, 1.807) is 13.0 Å². The first-order valence-corrected chi connectivity index (χ1v) is 9.07. The molecule has 2 aromatic heterocycles. The molecule has 2 aromatic rings. The molecular formula is C17H22N4O2S. The van der Waals surface area contributed by atoms with E-state index in [-0.39, 0.29) is 11.6 Å². The highest BCUT2D eigenvalue weighted by Gasteiger charge is 2.27. The molecule has 0 aromatic carbocycles. The monoisotopic (exact) mass is 346 g/mol. The third-order valence-electron chi connectivity index (χ3n) is 4.43. The fraction of sp³-hybridized carbons (Fsp3) is 0.471. The van der Waals surface area contributed by atoms with Gasteiger partial charge in [-0.25, -0.2) is 4.68 Å². The first kappa shape index (κ1) is 16.7. The van der Waals surface area contributed by atoms with Crippen molar-refractivity contribution in [2.45, 2.75) is 32.7 Å². The highest BCUT2D eigenvalue weighted by Crippen LogP contribution is 2.24. The van der Waals surface area contributed by atoms with Crippen LogP contribution in [0.4, 0.5) is 5.69 Å². The van der Waals surface area contributed by atoms with Crippen molar-refractivity contribution in [3.05, 3.63) is 33.9 Å². The number of nitrogens with two attached hydrogens (primary N) is 1. The summed E-state index contributed by atoms with van der Waals surface area (Å²) in [5.74, 6) is 0.418. The average molecular weight is 346 g/mol. The summed E-state index contributed by atoms with van der Waals surface area (Å²) in [5, 5.41) is 6.33. The standard InChI is InChI=1S/C17H22N4O2S/c1-11-5-3-7-20(10-11)16(22)12(2)21-17(23)13(18)9-14(19-21)15-6-4-8-24-15/h4,6,8-9,11-12H,3,5,7,10,18H2,1-2H3. The molecule has 6 nitrogen and oxygen atoms in total. The van der Waals surface area contributed by atoms with Crippen molar-refractivity contribution in [2.24, 2.45) is 5.92 Å². The van der Waals surface area contributed by atoms with Crippen molar-refractivity contribution in [2.75, 3.05) is 18.8 Å². The van der Waals surface area contributed by atoms with Gasteiger partial charge in [0.2, 0.25) is 5.91 Å². The molecular weight excluding hydrogens is 324 g/mol. The third-order valence-corrected chi connectivity index (χ3v) is 5.32. The smallest absolute Gasteiger partial charge is 0.290 e. The van der Waals surface area contributed by atoms with Crippen LogP contribution in [0.1, 0.15) is 32.7 Å². The van der Waals surface area contributed by atoms with Crippen molar-refractivity contribution in [1.82, 2.24) is 14.7 Å². The number of anilines is 1. The molecule has 1 amide bonds. The minimum atomic E-state index is -0.662. The number of amides is 1. The number of aromatic nitrogens is 2. The summed E-state index contributed by atoms with van der Waals surface area (Å²) >= 11 is 1.52. The van der Waals surface area contributed by atoms with Crippen LogP contribution in [-0.4, -0.2) is 33.7 Å². The van der Waals surface area contributed by atoms with Gasteiger partial charge in [-0.15, -0.1) is 11.3 Å². The Morgan fingerprint density at radius 3 is 2.96 bits per heavy atom. The van der Waals surface area contributed by atoms with Crippen LogP contribution in [0.25, 0.3) is 10.6 Å². The Kier molecular flexibility index (Phi) is 4.71. The minimum absolute atomic E-state index is 0.0705. The zero-order chi connectivity index (χ0) is 17.3. The van der Waals surface area contributed by atoms with Gasteiger partial charge >= 0.3 is 0 Å². The van der Waals surface area contributed by atoms with Gasteiger partial charge in [0.25, 0.3) is 5.56 Å². The Bertz CT molecular complexity index is 784. The highest BCUT2D eigenvalue weighted by atomic mass is 32.1. The lowest BCUT2D eigenvalue weighted by atomic mass is 10.00. The number of thiophene rings is 1. The second kappa shape index (κ2) is 6.76. The number of hydrogen-bond donors (Lipinski definition) is 1. The van der Waals surface area contributed by atoms with Crippen molar-refractivity contribution in [3.63, 3.8) is 0 Å². The summed E-state index contributed by atoms with van der Waals surface area (Å²) in [7, 11) is 0. The molecule has 2 atom stereocenters. The zero-order valence-corrected chi connectivity index (χ0v) is 14.8. The largest absolute Gasteiger partial charge is 0.394 e. The van der Waals surface area contributed by atoms with Crippen LogP contribution in [0.3, 0.4) is 0 Å². The number of piperidine rings is 1. The fourth-order valence-electron chi connectivity index (χ4n) is 3.10. The normalized spacial score (nSPS) is 19.2. The molecule has 1 aliphatic rings. The van der Waals surface area contributed by atoms with Gasteiger partial charge in [-0.05, 0) is 43.2 Å². The molecule has 7 heteroatoms. The van der Waals surface area contributed by atoms with E-state index in [0.29, 0.717) is 11.6 Å². The molecule has 3 rings (SSSR count). The molecule has 0 bridgehead atoms. The highest BCUT2D eigenvalue weighted by molar-refractivity contribution is 7.13. The Balaban J connectivity index is 1.93. The van der Waals surface area contributed by atoms with E-state index in [4.69, 9.17) is 5.73 Å². The van der Waals surface area contributed by atoms with Crippen molar-refractivity contribution in [1.29, 1.82) is 0 Å². The van der Waals surface area contributed by atoms with Crippen molar-refractivity contribution >= 4 is 22.9 Å². The number of likely N-dealkylation sites (tertiary alicyclic amines) is 1. The van der Waals surface area contributed by atoms with Gasteiger partial charge in [0.15, 0.2) is 0 Å². The Hall–Kier alpha value is -2.15. The molecule has 0 spiro atoms. The van der Waals surface area contributed by atoms with Crippen LogP contribution in [0, 0.1) is 5.92 Å². The number of hydrogen-bond acceptors (Lipinski definition) is 5. The molecule has 3 heterocycles. The van der Waals surface area contributed by atoms with E-state index in [1.807, 2.05) is 22.4 Å². The Morgan fingerprint density at radius 1 is 1.50 bits per heavy atom. The Morgan fingerprint density at radius 2 is 2.29 bits per heavy atom. The summed E-state index contributed by atoms with van der Waals surface area (Å²) in [6.45, 7) is 5.33. The maximum atomic E-state index is 12.8. The molecule has 1 saturated heterocycles. The summed E-state index contributed by atoms with van der Waals surface area (Å²) in [6, 6.07) is 4.74. The fourth-order valence-corrected chi connectivity index (χ4v) is 3.78.